The molecule has 24 heavy (non-hydrogen) atoms. The van der Waals surface area contributed by atoms with E-state index < -0.39 is 24.9 Å². The van der Waals surface area contributed by atoms with E-state index in [1.807, 2.05) is 0 Å². The molecule has 1 amide bonds. The van der Waals surface area contributed by atoms with Gasteiger partial charge < -0.3 is 14.9 Å². The molecule has 1 N–H and O–H groups in total. The summed E-state index contributed by atoms with van der Waals surface area (Å²) in [4.78, 5) is 16.5. The highest BCUT2D eigenvalue weighted by molar-refractivity contribution is 5.93. The first-order chi connectivity index (χ1) is 11.6. The summed E-state index contributed by atoms with van der Waals surface area (Å²) in [7, 11) is 0. The molecule has 0 atom stereocenters. The second-order valence-electron chi connectivity index (χ2n) is 4.45. The lowest BCUT2D eigenvalue weighted by Crippen LogP contribution is -2.18. The highest BCUT2D eigenvalue weighted by atomic mass is 19.3. The number of hydrogen-bond donors (Lipinski definition) is 1. The van der Waals surface area contributed by atoms with E-state index in [0.29, 0.717) is 0 Å². The summed E-state index contributed by atoms with van der Waals surface area (Å²) in [5.41, 5.74) is 0.276. The molecule has 0 saturated heterocycles. The van der Waals surface area contributed by atoms with Gasteiger partial charge in [-0.3, -0.25) is 4.79 Å². The highest BCUT2D eigenvalue weighted by Gasteiger charge is 2.11. The Balaban J connectivity index is 1.87. The number of rotatable bonds is 7. The van der Waals surface area contributed by atoms with E-state index in [1.165, 1.54) is 36.4 Å². The second kappa shape index (κ2) is 8.56. The van der Waals surface area contributed by atoms with Crippen molar-refractivity contribution in [3.63, 3.8) is 0 Å². The van der Waals surface area contributed by atoms with E-state index >= 15 is 0 Å². The second-order valence-corrected chi connectivity index (χ2v) is 4.45. The molecule has 0 bridgehead atoms. The maximum atomic E-state index is 13.3. The van der Waals surface area contributed by atoms with Gasteiger partial charge in [0.25, 0.3) is 5.91 Å². The Bertz CT molecular complexity index is 723. The Kier molecular flexibility index (Phi) is 6.18. The number of oxime groups is 1. The molecule has 0 heterocycles. The molecule has 5 nitrogen and oxygen atoms in total. The zero-order chi connectivity index (χ0) is 17.4. The quantitative estimate of drug-likeness (QED) is 0.622. The van der Waals surface area contributed by atoms with Crippen molar-refractivity contribution in [2.75, 3.05) is 11.9 Å². The van der Waals surface area contributed by atoms with E-state index in [0.717, 1.165) is 6.21 Å². The van der Waals surface area contributed by atoms with Crippen LogP contribution in [-0.4, -0.2) is 25.3 Å². The number of benzene rings is 2. The number of anilines is 1. The van der Waals surface area contributed by atoms with Crippen LogP contribution in [0.4, 0.5) is 18.9 Å². The number of alkyl halides is 2. The number of nitrogens with one attached hydrogen (secondary N) is 1. The van der Waals surface area contributed by atoms with Crippen LogP contribution < -0.4 is 10.1 Å². The van der Waals surface area contributed by atoms with Gasteiger partial charge in [0.1, 0.15) is 11.6 Å². The lowest BCUT2D eigenvalue weighted by Gasteiger charge is -2.11. The van der Waals surface area contributed by atoms with Gasteiger partial charge in [0, 0.05) is 5.56 Å². The average Bonchev–Trinajstić information content (AvgIpc) is 2.54. The van der Waals surface area contributed by atoms with Crippen molar-refractivity contribution in [1.82, 2.24) is 0 Å². The minimum Gasteiger partial charge on any atom is -0.433 e. The van der Waals surface area contributed by atoms with Crippen LogP contribution in [0.5, 0.6) is 5.75 Å². The molecule has 0 spiro atoms. The third-order valence-electron chi connectivity index (χ3n) is 2.74. The fourth-order valence-electron chi connectivity index (χ4n) is 1.72. The van der Waals surface area contributed by atoms with E-state index in [-0.39, 0.29) is 17.0 Å². The normalized spacial score (nSPS) is 10.8. The number of carbonyl (C=O) groups is 1. The maximum absolute atomic E-state index is 13.3. The van der Waals surface area contributed by atoms with Crippen molar-refractivity contribution in [2.24, 2.45) is 5.16 Å². The summed E-state index contributed by atoms with van der Waals surface area (Å²) < 4.78 is 42.1. The van der Waals surface area contributed by atoms with Gasteiger partial charge in [0.15, 0.2) is 6.61 Å². The average molecular weight is 338 g/mol. The molecule has 2 aromatic carbocycles. The minimum absolute atomic E-state index is 0.0736. The Morgan fingerprint density at radius 1 is 1.17 bits per heavy atom. The van der Waals surface area contributed by atoms with Gasteiger partial charge in [-0.2, -0.15) is 8.78 Å². The van der Waals surface area contributed by atoms with Gasteiger partial charge in [-0.25, -0.2) is 4.39 Å². The standard InChI is InChI=1S/C16H13F3N2O3/c17-12-6-2-1-5-11(12)9-20-23-10-15(22)21-13-7-3-4-8-14(13)24-16(18)19/h1-9,16H,10H2,(H,21,22)/b20-9-. The van der Waals surface area contributed by atoms with Crippen molar-refractivity contribution < 1.29 is 27.5 Å². The van der Waals surface area contributed by atoms with Gasteiger partial charge >= 0.3 is 6.61 Å². The van der Waals surface area contributed by atoms with Crippen LogP contribution in [0.3, 0.4) is 0 Å². The number of nitrogens with zero attached hydrogens (tertiary/aromatic N) is 1. The molecule has 0 saturated carbocycles. The predicted octanol–water partition coefficient (Wildman–Crippen LogP) is 3.42. The van der Waals surface area contributed by atoms with Crippen LogP contribution in [-0.2, 0) is 9.63 Å². The monoisotopic (exact) mass is 338 g/mol. The van der Waals surface area contributed by atoms with Gasteiger partial charge in [-0.15, -0.1) is 0 Å². The molecule has 0 aromatic heterocycles. The lowest BCUT2D eigenvalue weighted by molar-refractivity contribution is -0.120. The first-order valence-electron chi connectivity index (χ1n) is 6.80. The van der Waals surface area contributed by atoms with Crippen LogP contribution in [0.2, 0.25) is 0 Å². The predicted molar refractivity (Wildman–Crippen MR) is 81.6 cm³/mol. The van der Waals surface area contributed by atoms with E-state index in [9.17, 15) is 18.0 Å². The summed E-state index contributed by atoms with van der Waals surface area (Å²) in [5, 5.41) is 5.83. The number of para-hydroxylation sites is 2. The first kappa shape index (κ1) is 17.3. The molecule has 2 aromatic rings. The first-order valence-corrected chi connectivity index (χ1v) is 6.80. The summed E-state index contributed by atoms with van der Waals surface area (Å²) in [6, 6.07) is 11.6. The van der Waals surface area contributed by atoms with Gasteiger partial charge in [0.2, 0.25) is 0 Å². The zero-order valence-corrected chi connectivity index (χ0v) is 12.3. The lowest BCUT2D eigenvalue weighted by atomic mass is 10.2. The largest absolute Gasteiger partial charge is 0.433 e. The van der Waals surface area contributed by atoms with Crippen LogP contribution in [0.25, 0.3) is 0 Å². The number of ether oxygens (including phenoxy) is 1. The van der Waals surface area contributed by atoms with Crippen molar-refractivity contribution in [1.29, 1.82) is 0 Å². The molecule has 0 radical (unpaired) electrons. The number of carbonyl (C=O) groups excluding carboxylic acids is 1. The van der Waals surface area contributed by atoms with Crippen LogP contribution in [0.1, 0.15) is 5.56 Å². The highest BCUT2D eigenvalue weighted by Crippen LogP contribution is 2.25. The van der Waals surface area contributed by atoms with Gasteiger partial charge in [-0.05, 0) is 18.2 Å². The smallest absolute Gasteiger partial charge is 0.387 e. The molecular formula is C16H13F3N2O3. The molecule has 0 fully saturated rings. The molecule has 8 heteroatoms. The molecule has 126 valence electrons. The van der Waals surface area contributed by atoms with Crippen LogP contribution in [0, 0.1) is 5.82 Å². The number of halogens is 3. The van der Waals surface area contributed by atoms with Gasteiger partial charge in [-0.1, -0.05) is 35.5 Å². The SMILES string of the molecule is O=C(CO/N=C\c1ccccc1F)Nc1ccccc1OC(F)F. The van der Waals surface area contributed by atoms with Crippen molar-refractivity contribution >= 4 is 17.8 Å². The Morgan fingerprint density at radius 2 is 1.88 bits per heavy atom. The summed E-state index contributed by atoms with van der Waals surface area (Å²) >= 11 is 0. The van der Waals surface area contributed by atoms with Gasteiger partial charge in [0.05, 0.1) is 11.9 Å². The summed E-state index contributed by atoms with van der Waals surface area (Å²) in [6.45, 7) is -3.49. The molecule has 0 aliphatic carbocycles. The summed E-state index contributed by atoms with van der Waals surface area (Å²) in [5.74, 6) is -1.28. The Labute approximate surface area is 135 Å². The van der Waals surface area contributed by atoms with E-state index in [1.54, 1.807) is 12.1 Å². The number of amides is 1. The van der Waals surface area contributed by atoms with Crippen molar-refractivity contribution in [2.45, 2.75) is 6.61 Å². The number of hydrogen-bond acceptors (Lipinski definition) is 4. The third-order valence-corrected chi connectivity index (χ3v) is 2.74. The van der Waals surface area contributed by atoms with Crippen LogP contribution in [0.15, 0.2) is 53.7 Å². The molecule has 0 aliphatic rings. The maximum Gasteiger partial charge on any atom is 0.387 e. The molecule has 2 rings (SSSR count). The Morgan fingerprint density at radius 3 is 2.62 bits per heavy atom. The minimum atomic E-state index is -3.01. The summed E-state index contributed by atoms with van der Waals surface area (Å²) in [6.07, 6.45) is 1.12. The fraction of sp³-hybridized carbons (Fsp3) is 0.125. The van der Waals surface area contributed by atoms with Crippen molar-refractivity contribution in [3.8, 4) is 5.75 Å². The van der Waals surface area contributed by atoms with Crippen LogP contribution >= 0.6 is 0 Å². The van der Waals surface area contributed by atoms with E-state index in [2.05, 4.69) is 15.2 Å². The third kappa shape index (κ3) is 5.31. The van der Waals surface area contributed by atoms with Crippen molar-refractivity contribution in [3.05, 3.63) is 59.9 Å². The molecular weight excluding hydrogens is 325 g/mol. The Hall–Kier alpha value is -3.03. The molecule has 0 aliphatic heterocycles. The van der Waals surface area contributed by atoms with E-state index in [4.69, 9.17) is 4.84 Å². The fourth-order valence-corrected chi connectivity index (χ4v) is 1.72. The molecule has 0 unspecified atom stereocenters. The topological polar surface area (TPSA) is 59.9 Å². The zero-order valence-electron chi connectivity index (χ0n) is 12.3.